The van der Waals surface area contributed by atoms with Crippen LogP contribution in [0.2, 0.25) is 0 Å². The van der Waals surface area contributed by atoms with Crippen LogP contribution in [0, 0.1) is 0 Å². The van der Waals surface area contributed by atoms with Gasteiger partial charge in [-0.2, -0.15) is 0 Å². The van der Waals surface area contributed by atoms with Gasteiger partial charge in [-0.25, -0.2) is 8.78 Å². The molecule has 0 spiro atoms. The lowest BCUT2D eigenvalue weighted by molar-refractivity contribution is -0.136. The van der Waals surface area contributed by atoms with Gasteiger partial charge in [-0.15, -0.1) is 0 Å². The second-order valence-corrected chi connectivity index (χ2v) is 3.83. The van der Waals surface area contributed by atoms with Gasteiger partial charge in [-0.1, -0.05) is 0 Å². The summed E-state index contributed by atoms with van der Waals surface area (Å²) in [6.45, 7) is 0.00759. The fourth-order valence-electron chi connectivity index (χ4n) is 1.26. The fourth-order valence-corrected chi connectivity index (χ4v) is 1.95. The molecule has 0 radical (unpaired) electrons. The van der Waals surface area contributed by atoms with Gasteiger partial charge in [0.1, 0.15) is 0 Å². The summed E-state index contributed by atoms with van der Waals surface area (Å²) >= 11 is 2.97. The standard InChI is InChI=1S/C9H9BrF2N2O2/c10-8-5(2-13)14-3-4(1-6(15)16)7(8)9(11)12/h3,9H,1-2,13H2,(H,15,16). The summed E-state index contributed by atoms with van der Waals surface area (Å²) in [5, 5.41) is 8.58. The number of carbonyl (C=O) groups is 1. The molecule has 0 aliphatic rings. The van der Waals surface area contributed by atoms with Crippen molar-refractivity contribution in [3.05, 3.63) is 27.5 Å². The Hall–Kier alpha value is -1.08. The first-order valence-corrected chi connectivity index (χ1v) is 5.12. The van der Waals surface area contributed by atoms with Crippen LogP contribution in [-0.4, -0.2) is 16.1 Å². The Bertz CT molecular complexity index is 413. The number of nitrogens with zero attached hydrogens (tertiary/aromatic N) is 1. The van der Waals surface area contributed by atoms with E-state index in [1.165, 1.54) is 0 Å². The first-order valence-electron chi connectivity index (χ1n) is 4.33. The van der Waals surface area contributed by atoms with Crippen LogP contribution in [0.1, 0.15) is 23.2 Å². The molecule has 1 aromatic heterocycles. The van der Waals surface area contributed by atoms with Crippen LogP contribution in [0.25, 0.3) is 0 Å². The molecule has 0 aliphatic carbocycles. The molecule has 4 nitrogen and oxygen atoms in total. The van der Waals surface area contributed by atoms with Crippen LogP contribution in [0.15, 0.2) is 10.7 Å². The third-order valence-corrected chi connectivity index (χ3v) is 2.85. The summed E-state index contributed by atoms with van der Waals surface area (Å²) in [7, 11) is 0. The predicted molar refractivity (Wildman–Crippen MR) is 56.1 cm³/mol. The van der Waals surface area contributed by atoms with Gasteiger partial charge in [0.2, 0.25) is 0 Å². The maximum atomic E-state index is 12.8. The van der Waals surface area contributed by atoms with Crippen molar-refractivity contribution in [3.63, 3.8) is 0 Å². The maximum absolute atomic E-state index is 12.8. The first-order chi connectivity index (χ1) is 7.47. The predicted octanol–water partition coefficient (Wildman–Crippen LogP) is 1.87. The quantitative estimate of drug-likeness (QED) is 0.889. The van der Waals surface area contributed by atoms with Gasteiger partial charge in [-0.05, 0) is 21.5 Å². The van der Waals surface area contributed by atoms with E-state index in [4.69, 9.17) is 10.8 Å². The van der Waals surface area contributed by atoms with Gasteiger partial charge in [-0.3, -0.25) is 9.78 Å². The Labute approximate surface area is 98.6 Å². The number of rotatable bonds is 4. The minimum atomic E-state index is -2.77. The van der Waals surface area contributed by atoms with Gasteiger partial charge in [0, 0.05) is 22.8 Å². The zero-order valence-electron chi connectivity index (χ0n) is 8.08. The third-order valence-electron chi connectivity index (χ3n) is 1.97. The monoisotopic (exact) mass is 294 g/mol. The molecule has 0 saturated heterocycles. The van der Waals surface area contributed by atoms with Gasteiger partial charge < -0.3 is 10.8 Å². The van der Waals surface area contributed by atoms with Gasteiger partial charge >= 0.3 is 5.97 Å². The van der Waals surface area contributed by atoms with Crippen molar-refractivity contribution in [1.82, 2.24) is 4.98 Å². The van der Waals surface area contributed by atoms with Crippen LogP contribution in [0.5, 0.6) is 0 Å². The molecule has 3 N–H and O–H groups in total. The first kappa shape index (κ1) is 13.0. The van der Waals surface area contributed by atoms with E-state index in [1.807, 2.05) is 0 Å². The highest BCUT2D eigenvalue weighted by molar-refractivity contribution is 9.10. The average molecular weight is 295 g/mol. The summed E-state index contributed by atoms with van der Waals surface area (Å²) < 4.78 is 25.6. The Kier molecular flexibility index (Phi) is 4.31. The summed E-state index contributed by atoms with van der Waals surface area (Å²) in [5.41, 5.74) is 5.24. The largest absolute Gasteiger partial charge is 0.481 e. The number of halogens is 3. The molecule has 0 fully saturated rings. The molecule has 0 amide bonds. The number of carboxylic acids is 1. The number of carboxylic acid groups (broad SMARTS) is 1. The molecule has 0 saturated carbocycles. The van der Waals surface area contributed by atoms with E-state index >= 15 is 0 Å². The Morgan fingerprint density at radius 3 is 2.69 bits per heavy atom. The Morgan fingerprint density at radius 1 is 1.62 bits per heavy atom. The highest BCUT2D eigenvalue weighted by Crippen LogP contribution is 2.32. The molecule has 7 heteroatoms. The van der Waals surface area contributed by atoms with Crippen molar-refractivity contribution >= 4 is 21.9 Å². The molecule has 0 unspecified atom stereocenters. The van der Waals surface area contributed by atoms with E-state index < -0.39 is 18.8 Å². The fraction of sp³-hybridized carbons (Fsp3) is 0.333. The van der Waals surface area contributed by atoms with Crippen molar-refractivity contribution in [3.8, 4) is 0 Å². The van der Waals surface area contributed by atoms with Crippen molar-refractivity contribution in [2.75, 3.05) is 0 Å². The molecule has 0 aliphatic heterocycles. The van der Waals surface area contributed by atoms with Crippen LogP contribution in [0.3, 0.4) is 0 Å². The number of hydrogen-bond donors (Lipinski definition) is 2. The van der Waals surface area contributed by atoms with Crippen molar-refractivity contribution < 1.29 is 18.7 Å². The number of aliphatic carboxylic acids is 1. The van der Waals surface area contributed by atoms with Gasteiger partial charge in [0.25, 0.3) is 6.43 Å². The van der Waals surface area contributed by atoms with E-state index in [1.54, 1.807) is 0 Å². The Balaban J connectivity index is 3.28. The highest BCUT2D eigenvalue weighted by Gasteiger charge is 2.21. The van der Waals surface area contributed by atoms with Gasteiger partial charge in [0.15, 0.2) is 0 Å². The minimum Gasteiger partial charge on any atom is -0.481 e. The highest BCUT2D eigenvalue weighted by atomic mass is 79.9. The molecule has 0 bridgehead atoms. The molecule has 1 heterocycles. The van der Waals surface area contributed by atoms with Crippen LogP contribution in [-0.2, 0) is 17.8 Å². The summed E-state index contributed by atoms with van der Waals surface area (Å²) in [6.07, 6.45) is -2.13. The number of nitrogens with two attached hydrogens (primary N) is 1. The van der Waals surface area contributed by atoms with Crippen LogP contribution in [0.4, 0.5) is 8.78 Å². The molecule has 1 aromatic rings. The number of alkyl halides is 2. The SMILES string of the molecule is NCc1ncc(CC(=O)O)c(C(F)F)c1Br. The third kappa shape index (κ3) is 2.73. The van der Waals surface area contributed by atoms with E-state index in [0.717, 1.165) is 6.20 Å². The molecular formula is C9H9BrF2N2O2. The average Bonchev–Trinajstić information content (AvgIpc) is 2.16. The summed E-state index contributed by atoms with van der Waals surface area (Å²) in [5.74, 6) is -1.18. The second kappa shape index (κ2) is 5.31. The normalized spacial score (nSPS) is 10.8. The lowest BCUT2D eigenvalue weighted by Gasteiger charge is -2.11. The van der Waals surface area contributed by atoms with E-state index in [0.29, 0.717) is 0 Å². The molecule has 1 rings (SSSR count). The summed E-state index contributed by atoms with van der Waals surface area (Å²) in [4.78, 5) is 14.3. The van der Waals surface area contributed by atoms with Crippen molar-refractivity contribution in [1.29, 1.82) is 0 Å². The minimum absolute atomic E-state index is 0.00759. The summed E-state index contributed by atoms with van der Waals surface area (Å²) in [6, 6.07) is 0. The number of pyridine rings is 1. The van der Waals surface area contributed by atoms with Crippen LogP contribution < -0.4 is 5.73 Å². The van der Waals surface area contributed by atoms with E-state index in [2.05, 4.69) is 20.9 Å². The lowest BCUT2D eigenvalue weighted by Crippen LogP contribution is -2.09. The van der Waals surface area contributed by atoms with Crippen LogP contribution >= 0.6 is 15.9 Å². The maximum Gasteiger partial charge on any atom is 0.307 e. The number of hydrogen-bond acceptors (Lipinski definition) is 3. The number of aromatic nitrogens is 1. The zero-order chi connectivity index (χ0) is 12.3. The molecule has 0 atom stereocenters. The molecule has 88 valence electrons. The molecular weight excluding hydrogens is 286 g/mol. The van der Waals surface area contributed by atoms with Crippen molar-refractivity contribution in [2.24, 2.45) is 5.73 Å². The van der Waals surface area contributed by atoms with Gasteiger partial charge in [0.05, 0.1) is 12.1 Å². The topological polar surface area (TPSA) is 76.2 Å². The second-order valence-electron chi connectivity index (χ2n) is 3.03. The molecule has 16 heavy (non-hydrogen) atoms. The Morgan fingerprint density at radius 2 is 2.25 bits per heavy atom. The van der Waals surface area contributed by atoms with E-state index in [-0.39, 0.29) is 27.8 Å². The lowest BCUT2D eigenvalue weighted by atomic mass is 10.1. The smallest absolute Gasteiger partial charge is 0.307 e. The molecule has 0 aromatic carbocycles. The van der Waals surface area contributed by atoms with Crippen molar-refractivity contribution in [2.45, 2.75) is 19.4 Å². The zero-order valence-corrected chi connectivity index (χ0v) is 9.67. The van der Waals surface area contributed by atoms with E-state index in [9.17, 15) is 13.6 Å².